The molecule has 0 radical (unpaired) electrons. The zero-order chi connectivity index (χ0) is 36.8. The first-order valence-corrected chi connectivity index (χ1v) is 18.3. The van der Waals surface area contributed by atoms with Crippen molar-refractivity contribution in [2.24, 2.45) is 0 Å². The molecule has 3 N–H and O–H groups in total. The van der Waals surface area contributed by atoms with Crippen molar-refractivity contribution in [3.8, 4) is 5.75 Å². The zero-order valence-corrected chi connectivity index (χ0v) is 30.5. The van der Waals surface area contributed by atoms with Crippen molar-refractivity contribution >= 4 is 17.7 Å². The van der Waals surface area contributed by atoms with Gasteiger partial charge in [0, 0.05) is 19.4 Å². The van der Waals surface area contributed by atoms with E-state index in [2.05, 4.69) is 28.1 Å². The van der Waals surface area contributed by atoms with Crippen molar-refractivity contribution in [2.45, 2.75) is 96.1 Å². The van der Waals surface area contributed by atoms with Gasteiger partial charge in [-0.3, -0.25) is 14.4 Å². The van der Waals surface area contributed by atoms with Crippen molar-refractivity contribution in [3.63, 3.8) is 0 Å². The molecule has 4 aromatic rings. The molecule has 9 heteroatoms. The lowest BCUT2D eigenvalue weighted by Gasteiger charge is -2.39. The van der Waals surface area contributed by atoms with Gasteiger partial charge in [-0.25, -0.2) is 4.39 Å². The van der Waals surface area contributed by atoms with E-state index in [0.29, 0.717) is 17.7 Å². The Balaban J connectivity index is 1.21. The Morgan fingerprint density at radius 2 is 1.58 bits per heavy atom. The van der Waals surface area contributed by atoms with Gasteiger partial charge in [0.15, 0.2) is 0 Å². The molecular weight excluding hydrogens is 655 g/mol. The maximum Gasteiger partial charge on any atom is 0.246 e. The van der Waals surface area contributed by atoms with Gasteiger partial charge in [-0.2, -0.15) is 0 Å². The van der Waals surface area contributed by atoms with E-state index in [9.17, 15) is 18.8 Å². The number of carbonyl (C=O) groups excluding carboxylic acids is 3. The van der Waals surface area contributed by atoms with Crippen LogP contribution in [-0.4, -0.2) is 47.8 Å². The van der Waals surface area contributed by atoms with Crippen LogP contribution in [0.25, 0.3) is 0 Å². The van der Waals surface area contributed by atoms with E-state index in [1.165, 1.54) is 11.6 Å². The number of benzene rings is 4. The first kappa shape index (κ1) is 36.8. The van der Waals surface area contributed by atoms with E-state index in [0.717, 1.165) is 47.1 Å². The van der Waals surface area contributed by atoms with E-state index in [4.69, 9.17) is 4.74 Å². The van der Waals surface area contributed by atoms with Gasteiger partial charge in [0.2, 0.25) is 17.7 Å². The summed E-state index contributed by atoms with van der Waals surface area (Å²) in [6.07, 6.45) is 3.39. The Morgan fingerprint density at radius 1 is 0.885 bits per heavy atom. The van der Waals surface area contributed by atoms with Crippen LogP contribution in [0.15, 0.2) is 91.0 Å². The fourth-order valence-electron chi connectivity index (χ4n) is 7.24. The summed E-state index contributed by atoms with van der Waals surface area (Å²) >= 11 is 0. The molecule has 2 aliphatic rings. The van der Waals surface area contributed by atoms with Crippen LogP contribution in [0.2, 0.25) is 0 Å². The maximum atomic E-state index is 14.6. The molecule has 4 aromatic carbocycles. The number of ether oxygens (including phenoxy) is 1. The molecule has 8 nitrogen and oxygen atoms in total. The fraction of sp³-hybridized carbons (Fsp3) is 0.372. The summed E-state index contributed by atoms with van der Waals surface area (Å²) in [5.41, 5.74) is 6.61. The fourth-order valence-corrected chi connectivity index (χ4v) is 7.24. The van der Waals surface area contributed by atoms with Crippen LogP contribution < -0.4 is 20.7 Å². The van der Waals surface area contributed by atoms with Gasteiger partial charge in [0.25, 0.3) is 0 Å². The summed E-state index contributed by atoms with van der Waals surface area (Å²) in [6.45, 7) is 6.12. The SMILES string of the molecule is CNC(C)C(=O)NC(Cc1ccc(OCc2ccc(C(C)C)c(F)c2)cc1)C(=O)N1Cc2ccccc2CC1C(=O)NC1CCCc2ccccc21. The minimum atomic E-state index is -0.923. The lowest BCUT2D eigenvalue weighted by molar-refractivity contribution is -0.145. The summed E-state index contributed by atoms with van der Waals surface area (Å²) < 4.78 is 20.5. The van der Waals surface area contributed by atoms with Crippen LogP contribution in [0.1, 0.15) is 84.5 Å². The predicted octanol–water partition coefficient (Wildman–Crippen LogP) is 6.31. The first-order chi connectivity index (χ1) is 25.1. The molecule has 52 heavy (non-hydrogen) atoms. The van der Waals surface area contributed by atoms with Crippen LogP contribution in [-0.2, 0) is 46.8 Å². The Bertz CT molecular complexity index is 1890. The second-order valence-electron chi connectivity index (χ2n) is 14.3. The highest BCUT2D eigenvalue weighted by Crippen LogP contribution is 2.31. The Labute approximate surface area is 306 Å². The van der Waals surface area contributed by atoms with Gasteiger partial charge < -0.3 is 25.6 Å². The van der Waals surface area contributed by atoms with Crippen molar-refractivity contribution in [1.29, 1.82) is 0 Å². The standard InChI is InChI=1S/C43H49FN4O4/c1-27(2)35-21-18-30(22-37(35)44)26-52-34-19-16-29(17-20-34)23-39(47-41(49)28(3)45-4)43(51)48-25-33-12-6-5-11-32(33)24-40(48)42(50)46-38-15-9-13-31-10-7-8-14-36(31)38/h5-8,10-12,14,16-22,27-28,38-40,45H,9,13,15,23-26H2,1-4H3,(H,46,50)(H,47,49). The molecule has 4 unspecified atom stereocenters. The Kier molecular flexibility index (Phi) is 11.7. The molecule has 272 valence electrons. The first-order valence-electron chi connectivity index (χ1n) is 18.3. The topological polar surface area (TPSA) is 99.8 Å². The van der Waals surface area contributed by atoms with Gasteiger partial charge in [0.1, 0.15) is 30.3 Å². The summed E-state index contributed by atoms with van der Waals surface area (Å²) in [5, 5.41) is 9.22. The average Bonchev–Trinajstić information content (AvgIpc) is 3.16. The maximum absolute atomic E-state index is 14.6. The minimum absolute atomic E-state index is 0.0953. The number of likely N-dealkylation sites (N-methyl/N-ethyl adjacent to an activating group) is 1. The van der Waals surface area contributed by atoms with E-state index >= 15 is 0 Å². The molecular formula is C43H49FN4O4. The highest BCUT2D eigenvalue weighted by molar-refractivity contribution is 5.94. The molecule has 0 saturated heterocycles. The number of aryl methyl sites for hydroxylation is 1. The van der Waals surface area contributed by atoms with Crippen molar-refractivity contribution in [3.05, 3.63) is 136 Å². The Hall–Kier alpha value is -5.02. The van der Waals surface area contributed by atoms with Crippen molar-refractivity contribution in [2.75, 3.05) is 7.05 Å². The number of hydrogen-bond donors (Lipinski definition) is 3. The van der Waals surface area contributed by atoms with E-state index in [1.54, 1.807) is 24.9 Å². The normalized spacial score (nSPS) is 17.8. The molecule has 3 amide bonds. The van der Waals surface area contributed by atoms with Gasteiger partial charge in [0.05, 0.1) is 12.1 Å². The quantitative estimate of drug-likeness (QED) is 0.161. The van der Waals surface area contributed by atoms with Gasteiger partial charge in [-0.15, -0.1) is 0 Å². The second-order valence-corrected chi connectivity index (χ2v) is 14.3. The lowest BCUT2D eigenvalue weighted by atomic mass is 9.87. The smallest absolute Gasteiger partial charge is 0.246 e. The molecule has 0 aromatic heterocycles. The number of nitrogens with one attached hydrogen (secondary N) is 3. The third-order valence-corrected chi connectivity index (χ3v) is 10.4. The average molecular weight is 705 g/mol. The van der Waals surface area contributed by atoms with E-state index in [-0.39, 0.29) is 55.1 Å². The number of fused-ring (bicyclic) bond motifs is 2. The van der Waals surface area contributed by atoms with E-state index in [1.807, 2.05) is 80.6 Å². The molecule has 1 heterocycles. The second kappa shape index (κ2) is 16.5. The molecule has 0 spiro atoms. The Morgan fingerprint density at radius 3 is 2.29 bits per heavy atom. The highest BCUT2D eigenvalue weighted by atomic mass is 19.1. The number of carbonyl (C=O) groups is 3. The summed E-state index contributed by atoms with van der Waals surface area (Å²) in [4.78, 5) is 43.7. The monoisotopic (exact) mass is 704 g/mol. The van der Waals surface area contributed by atoms with E-state index < -0.39 is 18.1 Å². The van der Waals surface area contributed by atoms with Gasteiger partial charge >= 0.3 is 0 Å². The molecule has 1 aliphatic carbocycles. The summed E-state index contributed by atoms with van der Waals surface area (Å²) in [7, 11) is 1.69. The molecule has 0 fully saturated rings. The minimum Gasteiger partial charge on any atom is -0.489 e. The van der Waals surface area contributed by atoms with Crippen LogP contribution in [0, 0.1) is 5.82 Å². The molecule has 4 atom stereocenters. The van der Waals surface area contributed by atoms with Crippen LogP contribution >= 0.6 is 0 Å². The summed E-state index contributed by atoms with van der Waals surface area (Å²) in [5.74, 6) is -0.373. The molecule has 0 saturated carbocycles. The van der Waals surface area contributed by atoms with Crippen molar-refractivity contribution in [1.82, 2.24) is 20.9 Å². The van der Waals surface area contributed by atoms with Gasteiger partial charge in [-0.05, 0) is 96.3 Å². The van der Waals surface area contributed by atoms with Crippen LogP contribution in [0.3, 0.4) is 0 Å². The number of hydrogen-bond acceptors (Lipinski definition) is 5. The highest BCUT2D eigenvalue weighted by Gasteiger charge is 2.39. The molecule has 0 bridgehead atoms. The van der Waals surface area contributed by atoms with Crippen LogP contribution in [0.4, 0.5) is 4.39 Å². The third-order valence-electron chi connectivity index (χ3n) is 10.4. The van der Waals surface area contributed by atoms with Crippen molar-refractivity contribution < 1.29 is 23.5 Å². The molecule has 1 aliphatic heterocycles. The molecule has 6 rings (SSSR count). The summed E-state index contributed by atoms with van der Waals surface area (Å²) in [6, 6.07) is 26.3. The third kappa shape index (κ3) is 8.53. The number of rotatable bonds is 12. The van der Waals surface area contributed by atoms with Gasteiger partial charge in [-0.1, -0.05) is 86.6 Å². The zero-order valence-electron chi connectivity index (χ0n) is 30.5. The number of amides is 3. The predicted molar refractivity (Wildman–Crippen MR) is 200 cm³/mol. The largest absolute Gasteiger partial charge is 0.489 e. The lowest BCUT2D eigenvalue weighted by Crippen LogP contribution is -2.59. The number of nitrogens with zero attached hydrogens (tertiary/aromatic N) is 1. The van der Waals surface area contributed by atoms with Crippen LogP contribution in [0.5, 0.6) is 5.75 Å². The number of halogens is 1.